The Morgan fingerprint density at radius 2 is 1.82 bits per heavy atom. The van der Waals surface area contributed by atoms with Crippen molar-refractivity contribution in [3.05, 3.63) is 46.8 Å². The van der Waals surface area contributed by atoms with Gasteiger partial charge in [0, 0.05) is 12.7 Å². The lowest BCUT2D eigenvalue weighted by atomic mass is 10.2. The summed E-state index contributed by atoms with van der Waals surface area (Å²) in [4.78, 5) is 25.7. The van der Waals surface area contributed by atoms with Gasteiger partial charge in [0.25, 0.3) is 5.91 Å². The molecule has 0 unspecified atom stereocenters. The minimum atomic E-state index is -0.282. The minimum absolute atomic E-state index is 0.0449. The molecule has 2 aromatic rings. The zero-order valence-corrected chi connectivity index (χ0v) is 13.1. The smallest absolute Gasteiger partial charge is 0.259 e. The molecule has 1 N–H and O–H groups in total. The van der Waals surface area contributed by atoms with Crippen LogP contribution in [0.15, 0.2) is 28.8 Å². The average Bonchev–Trinajstić information content (AvgIpc) is 2.80. The first kappa shape index (κ1) is 15.8. The molecule has 0 saturated carbocycles. The Bertz CT molecular complexity index is 670. The highest BCUT2D eigenvalue weighted by Crippen LogP contribution is 2.14. The van der Waals surface area contributed by atoms with Gasteiger partial charge in [0.15, 0.2) is 0 Å². The molecule has 0 bridgehead atoms. The standard InChI is InChI=1S/C16H19N3O3/c1-10-5-7-13(8-6-10)17-14(20)9-19(4)16(21)15-11(2)18-22-12(15)3/h5-8H,9H2,1-4H3,(H,17,20). The van der Waals surface area contributed by atoms with Crippen molar-refractivity contribution in [2.24, 2.45) is 0 Å². The van der Waals surface area contributed by atoms with Crippen molar-refractivity contribution in [2.45, 2.75) is 20.8 Å². The predicted molar refractivity (Wildman–Crippen MR) is 82.7 cm³/mol. The van der Waals surface area contributed by atoms with Crippen LogP contribution in [0, 0.1) is 20.8 Å². The zero-order valence-electron chi connectivity index (χ0n) is 13.1. The van der Waals surface area contributed by atoms with Crippen LogP contribution in [0.25, 0.3) is 0 Å². The van der Waals surface area contributed by atoms with E-state index < -0.39 is 0 Å². The Hall–Kier alpha value is -2.63. The number of hydrogen-bond acceptors (Lipinski definition) is 4. The quantitative estimate of drug-likeness (QED) is 0.940. The number of aryl methyl sites for hydroxylation is 3. The Morgan fingerprint density at radius 1 is 1.18 bits per heavy atom. The summed E-state index contributed by atoms with van der Waals surface area (Å²) in [5, 5.41) is 6.51. The van der Waals surface area contributed by atoms with E-state index in [2.05, 4.69) is 10.5 Å². The number of hydrogen-bond donors (Lipinski definition) is 1. The molecule has 1 aromatic carbocycles. The Balaban J connectivity index is 1.99. The molecule has 0 fully saturated rings. The Kier molecular flexibility index (Phi) is 4.60. The van der Waals surface area contributed by atoms with Gasteiger partial charge in [-0.1, -0.05) is 22.9 Å². The maximum absolute atomic E-state index is 12.3. The lowest BCUT2D eigenvalue weighted by molar-refractivity contribution is -0.116. The fourth-order valence-corrected chi connectivity index (χ4v) is 2.10. The molecule has 6 heteroatoms. The van der Waals surface area contributed by atoms with Crippen molar-refractivity contribution in [3.63, 3.8) is 0 Å². The van der Waals surface area contributed by atoms with E-state index in [1.165, 1.54) is 4.90 Å². The van der Waals surface area contributed by atoms with Gasteiger partial charge in [0.05, 0.1) is 12.2 Å². The first-order valence-corrected chi connectivity index (χ1v) is 6.93. The van der Waals surface area contributed by atoms with E-state index >= 15 is 0 Å². The normalized spacial score (nSPS) is 10.4. The molecule has 22 heavy (non-hydrogen) atoms. The largest absolute Gasteiger partial charge is 0.361 e. The lowest BCUT2D eigenvalue weighted by Gasteiger charge is -2.16. The van der Waals surface area contributed by atoms with Crippen LogP contribution in [0.2, 0.25) is 0 Å². The van der Waals surface area contributed by atoms with Crippen LogP contribution < -0.4 is 5.32 Å². The maximum atomic E-state index is 12.3. The monoisotopic (exact) mass is 301 g/mol. The van der Waals surface area contributed by atoms with Crippen LogP contribution in [0.3, 0.4) is 0 Å². The third-order valence-electron chi connectivity index (χ3n) is 3.31. The van der Waals surface area contributed by atoms with E-state index in [1.54, 1.807) is 20.9 Å². The molecule has 6 nitrogen and oxygen atoms in total. The molecule has 0 radical (unpaired) electrons. The van der Waals surface area contributed by atoms with E-state index in [0.29, 0.717) is 22.7 Å². The molecule has 0 aliphatic carbocycles. The number of nitrogens with one attached hydrogen (secondary N) is 1. The van der Waals surface area contributed by atoms with Crippen molar-refractivity contribution in [1.29, 1.82) is 0 Å². The summed E-state index contributed by atoms with van der Waals surface area (Å²) in [6.45, 7) is 5.30. The molecule has 0 spiro atoms. The van der Waals surface area contributed by atoms with Gasteiger partial charge >= 0.3 is 0 Å². The highest BCUT2D eigenvalue weighted by atomic mass is 16.5. The molecule has 0 atom stereocenters. The molecule has 0 aliphatic heterocycles. The van der Waals surface area contributed by atoms with Crippen molar-refractivity contribution in [3.8, 4) is 0 Å². The maximum Gasteiger partial charge on any atom is 0.259 e. The molecule has 2 rings (SSSR count). The lowest BCUT2D eigenvalue weighted by Crippen LogP contribution is -2.35. The number of aromatic nitrogens is 1. The van der Waals surface area contributed by atoms with Crippen LogP contribution in [-0.2, 0) is 4.79 Å². The molecule has 0 aliphatic rings. The number of carbonyl (C=O) groups excluding carboxylic acids is 2. The van der Waals surface area contributed by atoms with Gasteiger partial charge in [0.2, 0.25) is 5.91 Å². The molecule has 2 amide bonds. The van der Waals surface area contributed by atoms with Crippen molar-refractivity contribution < 1.29 is 14.1 Å². The second-order valence-electron chi connectivity index (χ2n) is 5.27. The van der Waals surface area contributed by atoms with Gasteiger partial charge in [-0.2, -0.15) is 0 Å². The van der Waals surface area contributed by atoms with Gasteiger partial charge in [-0.15, -0.1) is 0 Å². The highest BCUT2D eigenvalue weighted by molar-refractivity contribution is 6.00. The summed E-state index contributed by atoms with van der Waals surface area (Å²) in [7, 11) is 1.57. The SMILES string of the molecule is Cc1ccc(NC(=O)CN(C)C(=O)c2c(C)noc2C)cc1. The number of rotatable bonds is 4. The van der Waals surface area contributed by atoms with Gasteiger partial charge in [-0.3, -0.25) is 9.59 Å². The number of anilines is 1. The van der Waals surface area contributed by atoms with Crippen molar-refractivity contribution in [1.82, 2.24) is 10.1 Å². The number of benzene rings is 1. The second kappa shape index (κ2) is 6.43. The molecular weight excluding hydrogens is 282 g/mol. The summed E-state index contributed by atoms with van der Waals surface area (Å²) in [5.74, 6) is -0.0879. The Labute approximate surface area is 129 Å². The van der Waals surface area contributed by atoms with Crippen LogP contribution in [0.5, 0.6) is 0 Å². The molecule has 1 aromatic heterocycles. The third kappa shape index (κ3) is 3.52. The average molecular weight is 301 g/mol. The summed E-state index contributed by atoms with van der Waals surface area (Å²) >= 11 is 0. The van der Waals surface area contributed by atoms with Crippen LogP contribution in [0.4, 0.5) is 5.69 Å². The number of amides is 2. The third-order valence-corrected chi connectivity index (χ3v) is 3.31. The molecule has 1 heterocycles. The Morgan fingerprint density at radius 3 is 2.36 bits per heavy atom. The van der Waals surface area contributed by atoms with Crippen LogP contribution in [0.1, 0.15) is 27.4 Å². The van der Waals surface area contributed by atoms with Gasteiger partial charge < -0.3 is 14.7 Å². The first-order chi connectivity index (χ1) is 10.4. The number of carbonyl (C=O) groups is 2. The van der Waals surface area contributed by atoms with E-state index in [1.807, 2.05) is 31.2 Å². The highest BCUT2D eigenvalue weighted by Gasteiger charge is 2.22. The number of nitrogens with zero attached hydrogens (tertiary/aromatic N) is 2. The van der Waals surface area contributed by atoms with E-state index in [4.69, 9.17) is 4.52 Å². The summed E-state index contributed by atoms with van der Waals surface area (Å²) < 4.78 is 4.98. The van der Waals surface area contributed by atoms with Crippen LogP contribution in [-0.4, -0.2) is 35.5 Å². The molecule has 116 valence electrons. The topological polar surface area (TPSA) is 75.4 Å². The summed E-state index contributed by atoms with van der Waals surface area (Å²) in [5.41, 5.74) is 2.75. The minimum Gasteiger partial charge on any atom is -0.361 e. The van der Waals surface area contributed by atoms with Gasteiger partial charge in [0.1, 0.15) is 11.3 Å². The fourth-order valence-electron chi connectivity index (χ4n) is 2.10. The molecule has 0 saturated heterocycles. The van der Waals surface area contributed by atoms with Gasteiger partial charge in [-0.05, 0) is 32.9 Å². The number of likely N-dealkylation sites (N-methyl/N-ethyl adjacent to an activating group) is 1. The van der Waals surface area contributed by atoms with E-state index in [9.17, 15) is 9.59 Å². The molecular formula is C16H19N3O3. The van der Waals surface area contributed by atoms with Gasteiger partial charge in [-0.25, -0.2) is 0 Å². The van der Waals surface area contributed by atoms with Crippen molar-refractivity contribution in [2.75, 3.05) is 18.9 Å². The first-order valence-electron chi connectivity index (χ1n) is 6.93. The van der Waals surface area contributed by atoms with Crippen molar-refractivity contribution >= 4 is 17.5 Å². The zero-order chi connectivity index (χ0) is 16.3. The predicted octanol–water partition coefficient (Wildman–Crippen LogP) is 2.31. The summed E-state index contributed by atoms with van der Waals surface area (Å²) in [6.07, 6.45) is 0. The van der Waals surface area contributed by atoms with E-state index in [-0.39, 0.29) is 18.4 Å². The second-order valence-corrected chi connectivity index (χ2v) is 5.27. The fraction of sp³-hybridized carbons (Fsp3) is 0.312. The summed E-state index contributed by atoms with van der Waals surface area (Å²) in [6, 6.07) is 7.47. The van der Waals surface area contributed by atoms with E-state index in [0.717, 1.165) is 5.56 Å². The van der Waals surface area contributed by atoms with Crippen LogP contribution >= 0.6 is 0 Å².